The van der Waals surface area contributed by atoms with Gasteiger partial charge in [-0.3, -0.25) is 4.79 Å². The van der Waals surface area contributed by atoms with E-state index >= 15 is 0 Å². The highest BCUT2D eigenvalue weighted by Crippen LogP contribution is 2.43. The van der Waals surface area contributed by atoms with Crippen molar-refractivity contribution in [2.24, 2.45) is 0 Å². The van der Waals surface area contributed by atoms with Crippen molar-refractivity contribution >= 4 is 33.0 Å². The number of nitrogen functional groups attached to an aromatic ring is 1. The average Bonchev–Trinajstić information content (AvgIpc) is 2.98. The Hall–Kier alpha value is -2.41. The molecular formula is C20H17F3N2OS. The second-order valence-corrected chi connectivity index (χ2v) is 7.73. The number of nitrogens with zero attached hydrogens (tertiary/aromatic N) is 1. The van der Waals surface area contributed by atoms with E-state index < -0.39 is 11.9 Å². The summed E-state index contributed by atoms with van der Waals surface area (Å²) >= 11 is 0.969. The predicted octanol–water partition coefficient (Wildman–Crippen LogP) is 5.20. The van der Waals surface area contributed by atoms with Crippen molar-refractivity contribution in [1.29, 1.82) is 0 Å². The van der Waals surface area contributed by atoms with Crippen LogP contribution in [0.2, 0.25) is 0 Å². The minimum absolute atomic E-state index is 0.159. The summed E-state index contributed by atoms with van der Waals surface area (Å²) in [4.78, 5) is 17.1. The van der Waals surface area contributed by atoms with E-state index in [1.165, 1.54) is 0 Å². The molecule has 1 aromatic carbocycles. The molecule has 0 radical (unpaired) electrons. The lowest BCUT2D eigenvalue weighted by Gasteiger charge is -2.21. The molecule has 0 spiro atoms. The molecule has 0 amide bonds. The molecule has 0 atom stereocenters. The number of Topliss-reactive ketones (excluding diaryl/α,β-unsaturated/α-hetero) is 1. The molecule has 140 valence electrons. The quantitative estimate of drug-likeness (QED) is 0.625. The summed E-state index contributed by atoms with van der Waals surface area (Å²) in [6.45, 7) is 0. The van der Waals surface area contributed by atoms with E-state index in [9.17, 15) is 18.0 Å². The molecule has 0 bridgehead atoms. The second kappa shape index (κ2) is 6.64. The Morgan fingerprint density at radius 3 is 2.44 bits per heavy atom. The molecule has 0 saturated carbocycles. The van der Waals surface area contributed by atoms with Gasteiger partial charge in [0, 0.05) is 11.8 Å². The van der Waals surface area contributed by atoms with Crippen molar-refractivity contribution in [3.05, 3.63) is 57.6 Å². The summed E-state index contributed by atoms with van der Waals surface area (Å²) in [5.74, 6) is -0.195. The van der Waals surface area contributed by atoms with Crippen molar-refractivity contribution in [1.82, 2.24) is 4.98 Å². The summed E-state index contributed by atoms with van der Waals surface area (Å²) in [7, 11) is 0. The molecule has 27 heavy (non-hydrogen) atoms. The van der Waals surface area contributed by atoms with Gasteiger partial charge < -0.3 is 5.73 Å². The number of fused-ring (bicyclic) bond motifs is 3. The number of aromatic nitrogens is 1. The Bertz CT molecular complexity index is 1030. The zero-order valence-corrected chi connectivity index (χ0v) is 15.2. The molecule has 7 heteroatoms. The number of hydrogen-bond acceptors (Lipinski definition) is 4. The van der Waals surface area contributed by atoms with Crippen LogP contribution in [0.3, 0.4) is 0 Å². The Balaban J connectivity index is 1.85. The van der Waals surface area contributed by atoms with Crippen molar-refractivity contribution in [3.63, 3.8) is 0 Å². The first-order valence-electron chi connectivity index (χ1n) is 8.74. The van der Waals surface area contributed by atoms with Gasteiger partial charge in [0.2, 0.25) is 0 Å². The molecule has 3 aromatic rings. The topological polar surface area (TPSA) is 56.0 Å². The van der Waals surface area contributed by atoms with Crippen LogP contribution < -0.4 is 5.73 Å². The highest BCUT2D eigenvalue weighted by Gasteiger charge is 2.38. The number of carbonyl (C=O) groups excluding carboxylic acids is 1. The molecule has 0 saturated heterocycles. The smallest absolute Gasteiger partial charge is 0.397 e. The summed E-state index contributed by atoms with van der Waals surface area (Å²) in [6.07, 6.45) is -1.96. The fourth-order valence-electron chi connectivity index (χ4n) is 3.72. The van der Waals surface area contributed by atoms with Gasteiger partial charge in [-0.1, -0.05) is 30.3 Å². The monoisotopic (exact) mass is 390 g/mol. The predicted molar refractivity (Wildman–Crippen MR) is 100 cm³/mol. The molecule has 0 fully saturated rings. The van der Waals surface area contributed by atoms with Crippen molar-refractivity contribution in [2.75, 3.05) is 5.73 Å². The third-order valence-electron chi connectivity index (χ3n) is 4.92. The minimum Gasteiger partial charge on any atom is -0.397 e. The van der Waals surface area contributed by atoms with Crippen LogP contribution in [0.25, 0.3) is 10.2 Å². The van der Waals surface area contributed by atoms with Gasteiger partial charge in [-0.25, -0.2) is 4.98 Å². The van der Waals surface area contributed by atoms with Crippen LogP contribution in [-0.2, 0) is 25.4 Å². The molecule has 2 heterocycles. The van der Waals surface area contributed by atoms with Gasteiger partial charge in [-0.05, 0) is 42.4 Å². The lowest BCUT2D eigenvalue weighted by Crippen LogP contribution is -2.17. The van der Waals surface area contributed by atoms with E-state index in [4.69, 9.17) is 5.73 Å². The Labute approximate surface area is 158 Å². The fourth-order valence-corrected chi connectivity index (χ4v) is 4.78. The molecule has 0 aliphatic heterocycles. The van der Waals surface area contributed by atoms with Crippen LogP contribution in [0.1, 0.15) is 44.9 Å². The molecule has 0 unspecified atom stereocenters. The molecule has 4 rings (SSSR count). The zero-order chi connectivity index (χ0) is 19.2. The SMILES string of the molecule is Nc1c(C(=O)Cc2ccccc2)sc2nc(C(F)(F)F)c3c(c12)CCCC3. The van der Waals surface area contributed by atoms with Gasteiger partial charge in [-0.15, -0.1) is 11.3 Å². The third kappa shape index (κ3) is 3.20. The third-order valence-corrected chi connectivity index (χ3v) is 6.07. The van der Waals surface area contributed by atoms with Gasteiger partial charge >= 0.3 is 6.18 Å². The van der Waals surface area contributed by atoms with Gasteiger partial charge in [0.05, 0.1) is 10.6 Å². The summed E-state index contributed by atoms with van der Waals surface area (Å²) in [6, 6.07) is 9.21. The molecule has 2 N–H and O–H groups in total. The lowest BCUT2D eigenvalue weighted by atomic mass is 9.88. The van der Waals surface area contributed by atoms with E-state index in [1.54, 1.807) is 0 Å². The number of rotatable bonds is 3. The largest absolute Gasteiger partial charge is 0.433 e. The number of halogens is 3. The number of ketones is 1. The number of hydrogen-bond donors (Lipinski definition) is 1. The van der Waals surface area contributed by atoms with Crippen molar-refractivity contribution in [3.8, 4) is 0 Å². The zero-order valence-electron chi connectivity index (χ0n) is 14.4. The standard InChI is InChI=1S/C20H17F3N2OS/c21-20(22,23)18-13-9-5-4-8-12(13)15-16(24)17(27-19(15)25-18)14(26)10-11-6-2-1-3-7-11/h1-3,6-7H,4-5,8-10,24H2. The Morgan fingerprint density at radius 2 is 1.78 bits per heavy atom. The minimum atomic E-state index is -4.51. The van der Waals surface area contributed by atoms with Gasteiger partial charge in [0.1, 0.15) is 10.5 Å². The fraction of sp³-hybridized carbons (Fsp3) is 0.300. The number of alkyl halides is 3. The van der Waals surface area contributed by atoms with Crippen LogP contribution in [0, 0.1) is 0 Å². The average molecular weight is 390 g/mol. The van der Waals surface area contributed by atoms with Gasteiger partial charge in [-0.2, -0.15) is 13.2 Å². The first kappa shape index (κ1) is 18.0. The number of thiophene rings is 1. The van der Waals surface area contributed by atoms with Crippen LogP contribution in [-0.4, -0.2) is 10.8 Å². The van der Waals surface area contributed by atoms with Gasteiger partial charge in [0.25, 0.3) is 0 Å². The van der Waals surface area contributed by atoms with Gasteiger partial charge in [0.15, 0.2) is 5.78 Å². The number of nitrogens with two attached hydrogens (primary N) is 1. The van der Waals surface area contributed by atoms with Crippen molar-refractivity contribution < 1.29 is 18.0 Å². The van der Waals surface area contributed by atoms with E-state index in [2.05, 4.69) is 4.98 Å². The number of pyridine rings is 1. The first-order chi connectivity index (χ1) is 12.9. The Kier molecular flexibility index (Phi) is 4.42. The van der Waals surface area contributed by atoms with Crippen molar-refractivity contribution in [2.45, 2.75) is 38.3 Å². The normalized spacial score (nSPS) is 14.3. The first-order valence-corrected chi connectivity index (χ1v) is 9.56. The highest BCUT2D eigenvalue weighted by atomic mass is 32.1. The van der Waals surface area contributed by atoms with Crippen LogP contribution in [0.5, 0.6) is 0 Å². The number of anilines is 1. The highest BCUT2D eigenvalue weighted by molar-refractivity contribution is 7.21. The van der Waals surface area contributed by atoms with E-state index in [-0.39, 0.29) is 28.3 Å². The number of benzene rings is 1. The number of carbonyl (C=O) groups is 1. The van der Waals surface area contributed by atoms with Crippen LogP contribution in [0.15, 0.2) is 30.3 Å². The summed E-state index contributed by atoms with van der Waals surface area (Å²) < 4.78 is 40.5. The lowest BCUT2D eigenvalue weighted by molar-refractivity contribution is -0.141. The summed E-state index contributed by atoms with van der Waals surface area (Å²) in [5, 5.41) is 0.541. The van der Waals surface area contributed by atoms with Crippen LogP contribution in [0.4, 0.5) is 18.9 Å². The maximum absolute atomic E-state index is 13.5. The molecule has 1 aliphatic carbocycles. The summed E-state index contributed by atoms with van der Waals surface area (Å²) in [5.41, 5.74) is 7.39. The molecular weight excluding hydrogens is 373 g/mol. The maximum atomic E-state index is 13.5. The van der Waals surface area contributed by atoms with Crippen LogP contribution >= 0.6 is 11.3 Å². The Morgan fingerprint density at radius 1 is 1.11 bits per heavy atom. The van der Waals surface area contributed by atoms with E-state index in [0.29, 0.717) is 35.1 Å². The maximum Gasteiger partial charge on any atom is 0.433 e. The number of aryl methyl sites for hydroxylation is 1. The molecule has 2 aromatic heterocycles. The van der Waals surface area contributed by atoms with E-state index in [0.717, 1.165) is 23.3 Å². The molecule has 1 aliphatic rings. The second-order valence-electron chi connectivity index (χ2n) is 6.73. The molecule has 3 nitrogen and oxygen atoms in total. The van der Waals surface area contributed by atoms with E-state index in [1.807, 2.05) is 30.3 Å².